The second-order valence-corrected chi connectivity index (χ2v) is 5.16. The summed E-state index contributed by atoms with van der Waals surface area (Å²) in [5.41, 5.74) is 1.55. The first-order valence-corrected chi connectivity index (χ1v) is 7.26. The van der Waals surface area contributed by atoms with Gasteiger partial charge in [0.15, 0.2) is 6.10 Å². The maximum Gasteiger partial charge on any atom is 0.311 e. The van der Waals surface area contributed by atoms with Crippen molar-refractivity contribution in [3.05, 3.63) is 59.7 Å². The highest BCUT2D eigenvalue weighted by atomic mass is 16.5. The van der Waals surface area contributed by atoms with Gasteiger partial charge in [0.1, 0.15) is 5.75 Å². The molecule has 0 aliphatic carbocycles. The number of hydrogen-bond acceptors (Lipinski definition) is 5. The minimum atomic E-state index is -0.972. The van der Waals surface area contributed by atoms with Gasteiger partial charge >= 0.3 is 5.97 Å². The Hall–Kier alpha value is -3.33. The summed E-state index contributed by atoms with van der Waals surface area (Å²) in [5, 5.41) is 20.6. The molecule has 2 aromatic carbocycles. The number of anilines is 1. The molecule has 0 fully saturated rings. The lowest BCUT2D eigenvalue weighted by molar-refractivity contribution is -0.152. The number of nitrogens with zero attached hydrogens (tertiary/aromatic N) is 1. The molecule has 0 unspecified atom stereocenters. The Morgan fingerprint density at radius 3 is 2.62 bits per heavy atom. The summed E-state index contributed by atoms with van der Waals surface area (Å²) in [6.45, 7) is 1.47. The Morgan fingerprint density at radius 1 is 1.25 bits per heavy atom. The van der Waals surface area contributed by atoms with Gasteiger partial charge in [-0.2, -0.15) is 5.26 Å². The normalized spacial score (nSPS) is 11.2. The highest BCUT2D eigenvalue weighted by Gasteiger charge is 2.18. The zero-order chi connectivity index (χ0) is 17.5. The lowest BCUT2D eigenvalue weighted by Gasteiger charge is -2.13. The molecule has 1 atom stereocenters. The number of hydrogen-bond donors (Lipinski definition) is 2. The van der Waals surface area contributed by atoms with Gasteiger partial charge in [0.25, 0.3) is 5.91 Å². The number of nitrogens with one attached hydrogen (secondary N) is 1. The van der Waals surface area contributed by atoms with Gasteiger partial charge in [0, 0.05) is 5.69 Å². The van der Waals surface area contributed by atoms with E-state index in [1.807, 2.05) is 6.07 Å². The number of carbonyl (C=O) groups excluding carboxylic acids is 2. The van der Waals surface area contributed by atoms with Crippen molar-refractivity contribution in [3.8, 4) is 11.8 Å². The second-order valence-electron chi connectivity index (χ2n) is 5.16. The Labute approximate surface area is 139 Å². The van der Waals surface area contributed by atoms with Crippen LogP contribution in [-0.2, 0) is 20.7 Å². The Bertz CT molecular complexity index is 778. The van der Waals surface area contributed by atoms with Crippen LogP contribution in [0.1, 0.15) is 18.1 Å². The molecule has 0 bridgehead atoms. The van der Waals surface area contributed by atoms with Crippen molar-refractivity contribution in [3.63, 3.8) is 0 Å². The molecule has 0 radical (unpaired) electrons. The van der Waals surface area contributed by atoms with Crippen molar-refractivity contribution in [1.82, 2.24) is 0 Å². The van der Waals surface area contributed by atoms with Crippen LogP contribution in [0.3, 0.4) is 0 Å². The predicted octanol–water partition coefficient (Wildman–Crippen LogP) is 2.38. The summed E-state index contributed by atoms with van der Waals surface area (Å²) < 4.78 is 5.10. The van der Waals surface area contributed by atoms with E-state index in [-0.39, 0.29) is 12.2 Å². The molecule has 122 valence electrons. The number of nitriles is 1. The van der Waals surface area contributed by atoms with E-state index in [9.17, 15) is 14.7 Å². The summed E-state index contributed by atoms with van der Waals surface area (Å²) in [7, 11) is 0. The third-order valence-corrected chi connectivity index (χ3v) is 3.22. The van der Waals surface area contributed by atoms with Crippen LogP contribution >= 0.6 is 0 Å². The molecule has 0 aliphatic heterocycles. The van der Waals surface area contributed by atoms with Gasteiger partial charge in [0.05, 0.1) is 18.1 Å². The smallest absolute Gasteiger partial charge is 0.311 e. The van der Waals surface area contributed by atoms with Crippen LogP contribution in [0.15, 0.2) is 48.5 Å². The molecule has 1 amide bonds. The van der Waals surface area contributed by atoms with Crippen molar-refractivity contribution in [1.29, 1.82) is 5.26 Å². The highest BCUT2D eigenvalue weighted by molar-refractivity contribution is 5.95. The van der Waals surface area contributed by atoms with Gasteiger partial charge in [-0.1, -0.05) is 18.2 Å². The third kappa shape index (κ3) is 4.85. The molecule has 2 aromatic rings. The molecule has 0 saturated carbocycles. The van der Waals surface area contributed by atoms with E-state index in [1.54, 1.807) is 30.3 Å². The Balaban J connectivity index is 1.89. The van der Waals surface area contributed by atoms with Crippen LogP contribution in [0.25, 0.3) is 0 Å². The van der Waals surface area contributed by atoms with Crippen LogP contribution in [0.2, 0.25) is 0 Å². The van der Waals surface area contributed by atoms with Crippen molar-refractivity contribution in [2.45, 2.75) is 19.4 Å². The molecule has 0 aromatic heterocycles. The van der Waals surface area contributed by atoms with Gasteiger partial charge in [-0.05, 0) is 42.8 Å². The monoisotopic (exact) mass is 324 g/mol. The van der Waals surface area contributed by atoms with Crippen LogP contribution in [0.4, 0.5) is 5.69 Å². The average molecular weight is 324 g/mol. The van der Waals surface area contributed by atoms with Gasteiger partial charge in [-0.15, -0.1) is 0 Å². The van der Waals surface area contributed by atoms with Crippen LogP contribution in [-0.4, -0.2) is 23.1 Å². The fourth-order valence-electron chi connectivity index (χ4n) is 1.98. The number of esters is 1. The molecule has 0 aliphatic rings. The van der Waals surface area contributed by atoms with Gasteiger partial charge in [-0.3, -0.25) is 9.59 Å². The zero-order valence-electron chi connectivity index (χ0n) is 13.0. The van der Waals surface area contributed by atoms with Crippen molar-refractivity contribution in [2.75, 3.05) is 5.32 Å². The quantitative estimate of drug-likeness (QED) is 0.823. The lowest BCUT2D eigenvalue weighted by atomic mass is 10.1. The van der Waals surface area contributed by atoms with E-state index in [0.29, 0.717) is 16.8 Å². The maximum absolute atomic E-state index is 12.0. The van der Waals surface area contributed by atoms with Crippen LogP contribution < -0.4 is 5.32 Å². The SMILES string of the molecule is C[C@H](OC(=O)Cc1ccc(O)cc1)C(=O)Nc1cccc(C#N)c1. The number of aromatic hydroxyl groups is 1. The summed E-state index contributed by atoms with van der Waals surface area (Å²) in [5.74, 6) is -0.919. The number of amides is 1. The molecular formula is C18H16N2O4. The standard InChI is InChI=1S/C18H16N2O4/c1-12(18(23)20-15-4-2-3-14(9-15)11-19)24-17(22)10-13-5-7-16(21)8-6-13/h2-9,12,21H,10H2,1H3,(H,20,23)/t12-/m0/s1. The van der Waals surface area contributed by atoms with E-state index < -0.39 is 18.0 Å². The fourth-order valence-corrected chi connectivity index (χ4v) is 1.98. The largest absolute Gasteiger partial charge is 0.508 e. The van der Waals surface area contributed by atoms with Crippen LogP contribution in [0, 0.1) is 11.3 Å². The molecule has 6 heteroatoms. The summed E-state index contributed by atoms with van der Waals surface area (Å²) in [4.78, 5) is 23.9. The van der Waals surface area contributed by atoms with E-state index in [4.69, 9.17) is 10.00 Å². The number of carbonyl (C=O) groups is 2. The molecule has 0 spiro atoms. The number of benzene rings is 2. The topological polar surface area (TPSA) is 99.4 Å². The van der Waals surface area contributed by atoms with Crippen molar-refractivity contribution >= 4 is 17.6 Å². The fraction of sp³-hybridized carbons (Fsp3) is 0.167. The highest BCUT2D eigenvalue weighted by Crippen LogP contribution is 2.12. The molecule has 6 nitrogen and oxygen atoms in total. The number of rotatable bonds is 5. The van der Waals surface area contributed by atoms with Crippen molar-refractivity contribution in [2.24, 2.45) is 0 Å². The number of ether oxygens (including phenoxy) is 1. The first kappa shape index (κ1) is 17.0. The minimum Gasteiger partial charge on any atom is -0.508 e. The molecule has 0 heterocycles. The first-order chi connectivity index (χ1) is 11.5. The molecule has 2 rings (SSSR count). The molecule has 2 N–H and O–H groups in total. The van der Waals surface area contributed by atoms with E-state index in [2.05, 4.69) is 5.32 Å². The summed E-state index contributed by atoms with van der Waals surface area (Å²) in [6, 6.07) is 14.6. The average Bonchev–Trinajstić information content (AvgIpc) is 2.57. The van der Waals surface area contributed by atoms with Gasteiger partial charge in [0.2, 0.25) is 0 Å². The summed E-state index contributed by atoms with van der Waals surface area (Å²) >= 11 is 0. The molecule has 24 heavy (non-hydrogen) atoms. The zero-order valence-corrected chi connectivity index (χ0v) is 13.0. The van der Waals surface area contributed by atoms with E-state index >= 15 is 0 Å². The van der Waals surface area contributed by atoms with E-state index in [1.165, 1.54) is 25.1 Å². The lowest BCUT2D eigenvalue weighted by Crippen LogP contribution is -2.30. The van der Waals surface area contributed by atoms with E-state index in [0.717, 1.165) is 0 Å². The minimum absolute atomic E-state index is 0.00180. The maximum atomic E-state index is 12.0. The Kier molecular flexibility index (Phi) is 5.53. The van der Waals surface area contributed by atoms with Crippen LogP contribution in [0.5, 0.6) is 5.75 Å². The predicted molar refractivity (Wildman–Crippen MR) is 87.2 cm³/mol. The number of phenols is 1. The Morgan fingerprint density at radius 2 is 1.96 bits per heavy atom. The second kappa shape index (κ2) is 7.79. The first-order valence-electron chi connectivity index (χ1n) is 7.26. The summed E-state index contributed by atoms with van der Waals surface area (Å²) in [6.07, 6.45) is -0.970. The molecular weight excluding hydrogens is 308 g/mol. The molecule has 0 saturated heterocycles. The van der Waals surface area contributed by atoms with Gasteiger partial charge < -0.3 is 15.2 Å². The third-order valence-electron chi connectivity index (χ3n) is 3.22. The van der Waals surface area contributed by atoms with Crippen molar-refractivity contribution < 1.29 is 19.4 Å². The number of phenolic OH excluding ortho intramolecular Hbond substituents is 1. The van der Waals surface area contributed by atoms with Gasteiger partial charge in [-0.25, -0.2) is 0 Å².